The largest absolute Gasteiger partial charge is 0.456 e. The van der Waals surface area contributed by atoms with Crippen molar-refractivity contribution in [2.24, 2.45) is 0 Å². The highest BCUT2D eigenvalue weighted by Gasteiger charge is 2.35. The Balaban J connectivity index is 1.06. The van der Waals surface area contributed by atoms with E-state index in [2.05, 4.69) is 189 Å². The molecule has 0 fully saturated rings. The standard InChI is InChI=1S/C51H35NO2/c1-51(2)45-19-10-9-18-39(45)40-24-21-37(28-46(40)51)52(36-17-11-16-34(26-36)32-12-5-3-6-13-32)38-22-25-42-44-31-49-43(30-50(44)54-48(42)29-38)41-23-20-35(27-47(41)53-49)33-14-7-4-8-15-33/h3-31H,1-2H3. The van der Waals surface area contributed by atoms with Gasteiger partial charge in [-0.05, 0) is 105 Å². The van der Waals surface area contributed by atoms with E-state index in [-0.39, 0.29) is 5.41 Å². The van der Waals surface area contributed by atoms with E-state index in [1.165, 1.54) is 38.9 Å². The Kier molecular flexibility index (Phi) is 6.60. The predicted octanol–water partition coefficient (Wildman–Crippen LogP) is 14.6. The lowest BCUT2D eigenvalue weighted by Gasteiger charge is -2.28. The molecular weight excluding hydrogens is 659 g/mol. The van der Waals surface area contributed by atoms with Crippen molar-refractivity contribution >= 4 is 60.9 Å². The van der Waals surface area contributed by atoms with E-state index in [1.54, 1.807) is 0 Å². The van der Waals surface area contributed by atoms with E-state index in [0.29, 0.717) is 0 Å². The average molecular weight is 694 g/mol. The van der Waals surface area contributed by atoms with Crippen LogP contribution in [0.3, 0.4) is 0 Å². The van der Waals surface area contributed by atoms with Crippen LogP contribution in [0, 0.1) is 0 Å². The number of rotatable bonds is 5. The minimum Gasteiger partial charge on any atom is -0.456 e. The van der Waals surface area contributed by atoms with Crippen molar-refractivity contribution in [3.63, 3.8) is 0 Å². The summed E-state index contributed by atoms with van der Waals surface area (Å²) in [7, 11) is 0. The van der Waals surface area contributed by atoms with Gasteiger partial charge in [-0.1, -0.05) is 123 Å². The number of hydrogen-bond donors (Lipinski definition) is 0. The third-order valence-corrected chi connectivity index (χ3v) is 11.5. The molecule has 0 radical (unpaired) electrons. The van der Waals surface area contributed by atoms with E-state index in [1.807, 2.05) is 6.07 Å². The summed E-state index contributed by atoms with van der Waals surface area (Å²) in [4.78, 5) is 2.36. The summed E-state index contributed by atoms with van der Waals surface area (Å²) in [5.41, 5.74) is 16.5. The monoisotopic (exact) mass is 693 g/mol. The normalized spacial score (nSPS) is 13.1. The Morgan fingerprint density at radius 1 is 0.352 bits per heavy atom. The average Bonchev–Trinajstić information content (AvgIpc) is 3.84. The quantitative estimate of drug-likeness (QED) is 0.180. The van der Waals surface area contributed by atoms with E-state index >= 15 is 0 Å². The van der Waals surface area contributed by atoms with Crippen LogP contribution in [0.25, 0.3) is 77.3 Å². The van der Waals surface area contributed by atoms with Crippen molar-refractivity contribution in [2.45, 2.75) is 19.3 Å². The van der Waals surface area contributed by atoms with Crippen LogP contribution in [0.5, 0.6) is 0 Å². The van der Waals surface area contributed by atoms with Crippen LogP contribution in [0.2, 0.25) is 0 Å². The summed E-state index contributed by atoms with van der Waals surface area (Å²) in [6.07, 6.45) is 0. The van der Waals surface area contributed by atoms with Crippen molar-refractivity contribution in [3.05, 3.63) is 187 Å². The first-order valence-corrected chi connectivity index (χ1v) is 18.6. The van der Waals surface area contributed by atoms with Gasteiger partial charge in [-0.25, -0.2) is 0 Å². The third-order valence-electron chi connectivity index (χ3n) is 11.5. The topological polar surface area (TPSA) is 29.5 Å². The second-order valence-corrected chi connectivity index (χ2v) is 15.0. The van der Waals surface area contributed by atoms with Crippen LogP contribution < -0.4 is 4.90 Å². The van der Waals surface area contributed by atoms with E-state index in [9.17, 15) is 0 Å². The Morgan fingerprint density at radius 3 is 1.59 bits per heavy atom. The molecule has 2 heterocycles. The highest BCUT2D eigenvalue weighted by atomic mass is 16.3. The van der Waals surface area contributed by atoms with Crippen molar-refractivity contribution < 1.29 is 8.83 Å². The smallest absolute Gasteiger partial charge is 0.137 e. The fraction of sp³-hybridized carbons (Fsp3) is 0.0588. The van der Waals surface area contributed by atoms with Crippen LogP contribution in [-0.2, 0) is 5.41 Å². The summed E-state index contributed by atoms with van der Waals surface area (Å²) in [5.74, 6) is 0. The lowest BCUT2D eigenvalue weighted by atomic mass is 9.82. The summed E-state index contributed by atoms with van der Waals surface area (Å²) in [6.45, 7) is 4.67. The summed E-state index contributed by atoms with van der Waals surface area (Å²) in [5, 5.41) is 4.24. The van der Waals surface area contributed by atoms with E-state index in [0.717, 1.165) is 66.5 Å². The van der Waals surface area contributed by atoms with Crippen LogP contribution in [0.4, 0.5) is 17.1 Å². The maximum atomic E-state index is 6.71. The molecule has 54 heavy (non-hydrogen) atoms. The lowest BCUT2D eigenvalue weighted by molar-refractivity contribution is 0.660. The van der Waals surface area contributed by atoms with Gasteiger partial charge in [0.2, 0.25) is 0 Å². The Hall–Kier alpha value is -6.84. The highest BCUT2D eigenvalue weighted by molar-refractivity contribution is 6.15. The van der Waals surface area contributed by atoms with Crippen LogP contribution in [0.15, 0.2) is 185 Å². The van der Waals surface area contributed by atoms with Crippen molar-refractivity contribution in [3.8, 4) is 33.4 Å². The number of fused-ring (bicyclic) bond motifs is 9. The molecule has 3 nitrogen and oxygen atoms in total. The van der Waals surface area contributed by atoms with Gasteiger partial charge in [-0.2, -0.15) is 0 Å². The third kappa shape index (κ3) is 4.68. The molecule has 0 bridgehead atoms. The maximum Gasteiger partial charge on any atom is 0.137 e. The molecule has 0 unspecified atom stereocenters. The van der Waals surface area contributed by atoms with Gasteiger partial charge < -0.3 is 13.7 Å². The first-order valence-electron chi connectivity index (χ1n) is 18.6. The van der Waals surface area contributed by atoms with Crippen molar-refractivity contribution in [2.75, 3.05) is 4.90 Å². The van der Waals surface area contributed by atoms with Gasteiger partial charge in [-0.3, -0.25) is 0 Å². The molecule has 0 saturated carbocycles. The number of benzene rings is 8. The van der Waals surface area contributed by atoms with Crippen molar-refractivity contribution in [1.82, 2.24) is 0 Å². The first kappa shape index (κ1) is 30.8. The fourth-order valence-corrected chi connectivity index (χ4v) is 8.72. The molecule has 0 saturated heterocycles. The van der Waals surface area contributed by atoms with Crippen LogP contribution in [0.1, 0.15) is 25.0 Å². The van der Waals surface area contributed by atoms with E-state index < -0.39 is 0 Å². The molecule has 10 aromatic rings. The molecule has 3 heteroatoms. The molecule has 2 aromatic heterocycles. The van der Waals surface area contributed by atoms with Gasteiger partial charge in [0, 0.05) is 50.1 Å². The summed E-state index contributed by atoms with van der Waals surface area (Å²) >= 11 is 0. The van der Waals surface area contributed by atoms with Crippen LogP contribution >= 0.6 is 0 Å². The van der Waals surface area contributed by atoms with E-state index in [4.69, 9.17) is 8.83 Å². The molecule has 0 spiro atoms. The molecule has 0 atom stereocenters. The summed E-state index contributed by atoms with van der Waals surface area (Å²) in [6, 6.07) is 62.9. The highest BCUT2D eigenvalue weighted by Crippen LogP contribution is 2.51. The lowest BCUT2D eigenvalue weighted by Crippen LogP contribution is -2.16. The molecular formula is C51H35NO2. The minimum atomic E-state index is -0.119. The molecule has 8 aromatic carbocycles. The zero-order chi connectivity index (χ0) is 36.0. The van der Waals surface area contributed by atoms with Gasteiger partial charge in [0.15, 0.2) is 0 Å². The zero-order valence-electron chi connectivity index (χ0n) is 30.0. The Bertz CT molecular complexity index is 3080. The number of anilines is 3. The minimum absolute atomic E-state index is 0.119. The van der Waals surface area contributed by atoms with Gasteiger partial charge in [0.05, 0.1) is 0 Å². The molecule has 0 aliphatic heterocycles. The Labute approximate surface area is 313 Å². The van der Waals surface area contributed by atoms with Gasteiger partial charge in [0.25, 0.3) is 0 Å². The van der Waals surface area contributed by atoms with Crippen LogP contribution in [-0.4, -0.2) is 0 Å². The molecule has 1 aliphatic carbocycles. The summed E-state index contributed by atoms with van der Waals surface area (Å²) < 4.78 is 13.2. The second kappa shape index (κ2) is 11.6. The molecule has 1 aliphatic rings. The molecule has 256 valence electrons. The number of furan rings is 2. The predicted molar refractivity (Wildman–Crippen MR) is 224 cm³/mol. The first-order chi connectivity index (χ1) is 26.5. The van der Waals surface area contributed by atoms with Gasteiger partial charge in [0.1, 0.15) is 22.3 Å². The van der Waals surface area contributed by atoms with Gasteiger partial charge >= 0.3 is 0 Å². The maximum absolute atomic E-state index is 6.71. The van der Waals surface area contributed by atoms with Crippen molar-refractivity contribution in [1.29, 1.82) is 0 Å². The second-order valence-electron chi connectivity index (χ2n) is 15.0. The number of nitrogens with zero attached hydrogens (tertiary/aromatic N) is 1. The molecule has 11 rings (SSSR count). The Morgan fingerprint density at radius 2 is 0.870 bits per heavy atom. The zero-order valence-corrected chi connectivity index (χ0v) is 30.0. The molecule has 0 N–H and O–H groups in total. The SMILES string of the molecule is CC1(C)c2ccccc2-c2ccc(N(c3cccc(-c4ccccc4)c3)c3ccc4c(c3)oc3cc5c(cc34)oc3cc(-c4ccccc4)ccc35)cc21. The van der Waals surface area contributed by atoms with Gasteiger partial charge in [-0.15, -0.1) is 0 Å². The molecule has 0 amide bonds. The number of hydrogen-bond acceptors (Lipinski definition) is 3. The fourth-order valence-electron chi connectivity index (χ4n) is 8.72.